The molecule has 1 heterocycles. The summed E-state index contributed by atoms with van der Waals surface area (Å²) in [6.07, 6.45) is 8.20. The second-order valence-electron chi connectivity index (χ2n) is 6.31. The van der Waals surface area contributed by atoms with Crippen LogP contribution in [0.3, 0.4) is 0 Å². The van der Waals surface area contributed by atoms with Crippen molar-refractivity contribution in [2.45, 2.75) is 44.6 Å². The van der Waals surface area contributed by atoms with E-state index in [4.69, 9.17) is 9.47 Å². The van der Waals surface area contributed by atoms with Crippen molar-refractivity contribution in [3.05, 3.63) is 34.3 Å². The zero-order valence-corrected chi connectivity index (χ0v) is 15.9. The summed E-state index contributed by atoms with van der Waals surface area (Å²) in [4.78, 5) is 2.63. The van der Waals surface area contributed by atoms with Crippen molar-refractivity contribution in [1.29, 1.82) is 0 Å². The Morgan fingerprint density at radius 3 is 2.57 bits per heavy atom. The highest BCUT2D eigenvalue weighted by Gasteiger charge is 2.22. The molecule has 0 amide bonds. The SMILES string of the molecule is C1CCC(N2CCOCC2)CC1.COCCc1cccc(Br)c1. The summed E-state index contributed by atoms with van der Waals surface area (Å²) < 4.78 is 11.4. The molecule has 0 unspecified atom stereocenters. The number of halogens is 1. The predicted molar refractivity (Wildman–Crippen MR) is 99.0 cm³/mol. The second kappa shape index (κ2) is 11.2. The molecule has 4 heteroatoms. The van der Waals surface area contributed by atoms with E-state index in [2.05, 4.69) is 33.0 Å². The van der Waals surface area contributed by atoms with Crippen molar-refractivity contribution in [1.82, 2.24) is 4.90 Å². The van der Waals surface area contributed by atoms with Crippen LogP contribution in [0.5, 0.6) is 0 Å². The van der Waals surface area contributed by atoms with Crippen molar-refractivity contribution in [3.8, 4) is 0 Å². The van der Waals surface area contributed by atoms with Crippen molar-refractivity contribution in [3.63, 3.8) is 0 Å². The average molecular weight is 384 g/mol. The van der Waals surface area contributed by atoms with Gasteiger partial charge >= 0.3 is 0 Å². The van der Waals surface area contributed by atoms with Crippen LogP contribution >= 0.6 is 15.9 Å². The van der Waals surface area contributed by atoms with Gasteiger partial charge in [0.1, 0.15) is 0 Å². The van der Waals surface area contributed by atoms with Crippen molar-refractivity contribution >= 4 is 15.9 Å². The molecule has 3 rings (SSSR count). The zero-order chi connectivity index (χ0) is 16.3. The molecule has 0 bridgehead atoms. The van der Waals surface area contributed by atoms with Crippen LogP contribution in [-0.4, -0.2) is 51.0 Å². The van der Waals surface area contributed by atoms with E-state index < -0.39 is 0 Å². The highest BCUT2D eigenvalue weighted by molar-refractivity contribution is 9.10. The smallest absolute Gasteiger partial charge is 0.0594 e. The minimum Gasteiger partial charge on any atom is -0.384 e. The maximum atomic E-state index is 5.35. The maximum Gasteiger partial charge on any atom is 0.0594 e. The molecule has 130 valence electrons. The molecule has 0 radical (unpaired) electrons. The van der Waals surface area contributed by atoms with Gasteiger partial charge in [0.2, 0.25) is 0 Å². The first-order valence-corrected chi connectivity index (χ1v) is 9.64. The van der Waals surface area contributed by atoms with E-state index in [1.807, 2.05) is 12.1 Å². The van der Waals surface area contributed by atoms with Gasteiger partial charge in [-0.05, 0) is 37.0 Å². The Bertz CT molecular complexity index is 413. The van der Waals surface area contributed by atoms with Crippen LogP contribution in [0.4, 0.5) is 0 Å². The fourth-order valence-corrected chi connectivity index (χ4v) is 3.75. The molecule has 3 nitrogen and oxygen atoms in total. The highest BCUT2D eigenvalue weighted by Crippen LogP contribution is 2.22. The molecule has 1 aromatic carbocycles. The summed E-state index contributed by atoms with van der Waals surface area (Å²) in [5.41, 5.74) is 1.31. The van der Waals surface area contributed by atoms with Crippen LogP contribution in [0.25, 0.3) is 0 Å². The summed E-state index contributed by atoms with van der Waals surface area (Å²) in [5, 5.41) is 0. The molecule has 2 aliphatic rings. The zero-order valence-electron chi connectivity index (χ0n) is 14.3. The molecule has 23 heavy (non-hydrogen) atoms. The number of nitrogens with zero attached hydrogens (tertiary/aromatic N) is 1. The molecule has 0 spiro atoms. The Hall–Kier alpha value is -0.420. The largest absolute Gasteiger partial charge is 0.384 e. The Kier molecular flexibility index (Phi) is 9.20. The Labute approximate surface area is 149 Å². The maximum absolute atomic E-state index is 5.35. The van der Waals surface area contributed by atoms with E-state index in [0.717, 1.165) is 36.8 Å². The van der Waals surface area contributed by atoms with Gasteiger partial charge in [0.25, 0.3) is 0 Å². The van der Waals surface area contributed by atoms with Crippen LogP contribution < -0.4 is 0 Å². The van der Waals surface area contributed by atoms with Gasteiger partial charge in [-0.2, -0.15) is 0 Å². The van der Waals surface area contributed by atoms with Crippen LogP contribution in [-0.2, 0) is 15.9 Å². The molecule has 2 fully saturated rings. The highest BCUT2D eigenvalue weighted by atomic mass is 79.9. The lowest BCUT2D eigenvalue weighted by molar-refractivity contribution is 0.00858. The summed E-state index contributed by atoms with van der Waals surface area (Å²) in [5.74, 6) is 0. The number of benzene rings is 1. The van der Waals surface area contributed by atoms with Gasteiger partial charge in [-0.1, -0.05) is 47.3 Å². The lowest BCUT2D eigenvalue weighted by Crippen LogP contribution is -2.44. The van der Waals surface area contributed by atoms with Gasteiger partial charge in [0.05, 0.1) is 19.8 Å². The first-order valence-electron chi connectivity index (χ1n) is 8.85. The van der Waals surface area contributed by atoms with E-state index in [9.17, 15) is 0 Å². The molecule has 1 saturated heterocycles. The molecule has 1 saturated carbocycles. The number of ether oxygens (including phenoxy) is 2. The van der Waals surface area contributed by atoms with Crippen molar-refractivity contribution in [2.24, 2.45) is 0 Å². The van der Waals surface area contributed by atoms with E-state index >= 15 is 0 Å². The van der Waals surface area contributed by atoms with Crippen molar-refractivity contribution in [2.75, 3.05) is 40.0 Å². The van der Waals surface area contributed by atoms with Crippen molar-refractivity contribution < 1.29 is 9.47 Å². The lowest BCUT2D eigenvalue weighted by atomic mass is 9.94. The van der Waals surface area contributed by atoms with Gasteiger partial charge in [-0.25, -0.2) is 0 Å². The summed E-state index contributed by atoms with van der Waals surface area (Å²) in [7, 11) is 1.72. The Balaban J connectivity index is 0.000000168. The Morgan fingerprint density at radius 2 is 1.91 bits per heavy atom. The Morgan fingerprint density at radius 1 is 1.17 bits per heavy atom. The van der Waals surface area contributed by atoms with E-state index in [0.29, 0.717) is 0 Å². The van der Waals surface area contributed by atoms with Gasteiger partial charge in [0, 0.05) is 30.7 Å². The van der Waals surface area contributed by atoms with E-state index in [-0.39, 0.29) is 0 Å². The molecule has 1 aromatic rings. The van der Waals surface area contributed by atoms with E-state index in [1.165, 1.54) is 50.8 Å². The van der Waals surface area contributed by atoms with E-state index in [1.54, 1.807) is 7.11 Å². The summed E-state index contributed by atoms with van der Waals surface area (Å²) in [6.45, 7) is 5.04. The number of hydrogen-bond acceptors (Lipinski definition) is 3. The third-order valence-corrected chi connectivity index (χ3v) is 5.11. The third kappa shape index (κ3) is 7.34. The molecule has 1 aliphatic carbocycles. The van der Waals surface area contributed by atoms with Crippen LogP contribution in [0.15, 0.2) is 28.7 Å². The first-order chi connectivity index (χ1) is 11.3. The van der Waals surface area contributed by atoms with Gasteiger partial charge < -0.3 is 9.47 Å². The molecular formula is C19H30BrNO2. The average Bonchev–Trinajstić information content (AvgIpc) is 2.62. The number of morpholine rings is 1. The molecule has 0 aromatic heterocycles. The summed E-state index contributed by atoms with van der Waals surface area (Å²) >= 11 is 3.41. The standard InChI is InChI=1S/C10H19NO.C9H11BrO/c1-2-4-10(5-3-1)11-6-8-12-9-7-11;1-11-6-5-8-3-2-4-9(10)7-8/h10H,1-9H2;2-4,7H,5-6H2,1H3. The van der Waals surface area contributed by atoms with Gasteiger partial charge in [-0.15, -0.1) is 0 Å². The number of rotatable bonds is 4. The monoisotopic (exact) mass is 383 g/mol. The number of methoxy groups -OCH3 is 1. The second-order valence-corrected chi connectivity index (χ2v) is 7.23. The minimum atomic E-state index is 0.788. The molecular weight excluding hydrogens is 354 g/mol. The fourth-order valence-electron chi connectivity index (χ4n) is 3.30. The molecule has 0 atom stereocenters. The van der Waals surface area contributed by atoms with Crippen LogP contribution in [0, 0.1) is 0 Å². The fraction of sp³-hybridized carbons (Fsp3) is 0.684. The lowest BCUT2D eigenvalue weighted by Gasteiger charge is -2.36. The van der Waals surface area contributed by atoms with Gasteiger partial charge in [0.15, 0.2) is 0 Å². The third-order valence-electron chi connectivity index (χ3n) is 4.62. The topological polar surface area (TPSA) is 21.7 Å². The van der Waals surface area contributed by atoms with Gasteiger partial charge in [-0.3, -0.25) is 4.90 Å². The predicted octanol–water partition coefficient (Wildman–Crippen LogP) is 4.29. The summed E-state index contributed by atoms with van der Waals surface area (Å²) in [6, 6.07) is 9.16. The van der Waals surface area contributed by atoms with Crippen LogP contribution in [0.2, 0.25) is 0 Å². The quantitative estimate of drug-likeness (QED) is 0.773. The number of hydrogen-bond donors (Lipinski definition) is 0. The molecule has 0 N–H and O–H groups in total. The van der Waals surface area contributed by atoms with Crippen LogP contribution in [0.1, 0.15) is 37.7 Å². The normalized spacial score (nSPS) is 19.9. The minimum absolute atomic E-state index is 0.788. The first kappa shape index (κ1) is 18.9. The molecule has 1 aliphatic heterocycles.